The predicted octanol–water partition coefficient (Wildman–Crippen LogP) is 2.79. The molecule has 1 spiro atoms. The van der Waals surface area contributed by atoms with Crippen molar-refractivity contribution < 1.29 is 0 Å². The summed E-state index contributed by atoms with van der Waals surface area (Å²) < 4.78 is 0. The highest BCUT2D eigenvalue weighted by molar-refractivity contribution is 7.08. The molecule has 2 nitrogen and oxygen atoms in total. The van der Waals surface area contributed by atoms with Crippen LogP contribution in [0.15, 0.2) is 16.8 Å². The van der Waals surface area contributed by atoms with E-state index in [0.717, 1.165) is 12.0 Å². The van der Waals surface area contributed by atoms with Gasteiger partial charge in [0.05, 0.1) is 0 Å². The van der Waals surface area contributed by atoms with Gasteiger partial charge in [-0.1, -0.05) is 0 Å². The van der Waals surface area contributed by atoms with Crippen molar-refractivity contribution in [3.8, 4) is 0 Å². The average Bonchev–Trinajstić information content (AvgIpc) is 2.93. The molecule has 16 heavy (non-hydrogen) atoms. The first-order chi connectivity index (χ1) is 7.88. The Kier molecular flexibility index (Phi) is 1.92. The molecular weight excluding hydrogens is 216 g/mol. The van der Waals surface area contributed by atoms with Gasteiger partial charge in [-0.3, -0.25) is 4.90 Å². The zero-order valence-electron chi connectivity index (χ0n) is 9.48. The molecule has 1 unspecified atom stereocenters. The van der Waals surface area contributed by atoms with Gasteiger partial charge >= 0.3 is 0 Å². The van der Waals surface area contributed by atoms with E-state index in [1.807, 2.05) is 0 Å². The molecule has 3 heteroatoms. The van der Waals surface area contributed by atoms with Gasteiger partial charge in [-0.05, 0) is 56.1 Å². The van der Waals surface area contributed by atoms with Crippen LogP contribution < -0.4 is 5.32 Å². The van der Waals surface area contributed by atoms with E-state index in [2.05, 4.69) is 27.0 Å². The van der Waals surface area contributed by atoms with Gasteiger partial charge in [0.15, 0.2) is 0 Å². The Balaban J connectivity index is 1.62. The Morgan fingerprint density at radius 1 is 1.31 bits per heavy atom. The Hall–Kier alpha value is -0.540. The number of nitrogens with zero attached hydrogens (tertiary/aromatic N) is 1. The standard InChI is InChI=1S/C13H18N2S/c1-6-15-7-2-10(1)12(13(15)4-5-13)14-11-3-8-16-9-11/h3,8-10,12,14H,1-2,4-7H2. The first-order valence-corrected chi connectivity index (χ1v) is 7.37. The minimum absolute atomic E-state index is 0.559. The third kappa shape index (κ3) is 1.22. The second-order valence-corrected chi connectivity index (χ2v) is 6.34. The fraction of sp³-hybridized carbons (Fsp3) is 0.692. The summed E-state index contributed by atoms with van der Waals surface area (Å²) in [5.41, 5.74) is 1.90. The zero-order chi connectivity index (χ0) is 10.6. The summed E-state index contributed by atoms with van der Waals surface area (Å²) in [4.78, 5) is 2.76. The number of fused-ring (bicyclic) bond motifs is 2. The summed E-state index contributed by atoms with van der Waals surface area (Å²) in [6.45, 7) is 2.71. The lowest BCUT2D eigenvalue weighted by Gasteiger charge is -2.52. The van der Waals surface area contributed by atoms with Crippen LogP contribution in [0.25, 0.3) is 0 Å². The third-order valence-corrected chi connectivity index (χ3v) is 5.51. The van der Waals surface area contributed by atoms with Crippen LogP contribution in [-0.4, -0.2) is 29.6 Å². The Morgan fingerprint density at radius 2 is 2.12 bits per heavy atom. The lowest BCUT2D eigenvalue weighted by Crippen LogP contribution is -2.62. The normalized spacial score (nSPS) is 38.9. The van der Waals surface area contributed by atoms with E-state index in [1.54, 1.807) is 11.3 Å². The summed E-state index contributed by atoms with van der Waals surface area (Å²) in [5, 5.41) is 8.23. The molecule has 0 radical (unpaired) electrons. The van der Waals surface area contributed by atoms with Crippen molar-refractivity contribution in [1.82, 2.24) is 4.90 Å². The molecule has 4 heterocycles. The highest BCUT2D eigenvalue weighted by atomic mass is 32.1. The minimum atomic E-state index is 0.559. The van der Waals surface area contributed by atoms with Crippen LogP contribution in [0.5, 0.6) is 0 Å². The molecule has 3 saturated heterocycles. The van der Waals surface area contributed by atoms with Crippen LogP contribution in [0, 0.1) is 5.92 Å². The van der Waals surface area contributed by atoms with Crippen LogP contribution in [0.2, 0.25) is 0 Å². The predicted molar refractivity (Wildman–Crippen MR) is 68.0 cm³/mol. The van der Waals surface area contributed by atoms with Crippen LogP contribution in [0.3, 0.4) is 0 Å². The topological polar surface area (TPSA) is 15.3 Å². The summed E-state index contributed by atoms with van der Waals surface area (Å²) >= 11 is 1.79. The van der Waals surface area contributed by atoms with Gasteiger partial charge < -0.3 is 5.32 Å². The van der Waals surface area contributed by atoms with E-state index >= 15 is 0 Å². The molecule has 1 aromatic heterocycles. The quantitative estimate of drug-likeness (QED) is 0.846. The zero-order valence-corrected chi connectivity index (χ0v) is 10.3. The average molecular weight is 234 g/mol. The van der Waals surface area contributed by atoms with Gasteiger partial charge in [0, 0.05) is 22.6 Å². The summed E-state index contributed by atoms with van der Waals surface area (Å²) in [7, 11) is 0. The highest BCUT2D eigenvalue weighted by Gasteiger charge is 2.60. The first-order valence-electron chi connectivity index (χ1n) is 6.42. The van der Waals surface area contributed by atoms with Crippen molar-refractivity contribution in [3.63, 3.8) is 0 Å². The maximum Gasteiger partial charge on any atom is 0.0474 e. The van der Waals surface area contributed by atoms with Gasteiger partial charge in [0.25, 0.3) is 0 Å². The molecule has 5 rings (SSSR count). The second-order valence-electron chi connectivity index (χ2n) is 5.56. The van der Waals surface area contributed by atoms with Crippen molar-refractivity contribution in [2.75, 3.05) is 18.4 Å². The largest absolute Gasteiger partial charge is 0.379 e. The Bertz CT molecular complexity index is 375. The molecule has 1 aromatic rings. The number of rotatable bonds is 2. The Morgan fingerprint density at radius 3 is 2.75 bits per heavy atom. The van der Waals surface area contributed by atoms with E-state index < -0.39 is 0 Å². The lowest BCUT2D eigenvalue weighted by molar-refractivity contribution is 0.0204. The molecule has 1 saturated carbocycles. The van der Waals surface area contributed by atoms with Crippen LogP contribution >= 0.6 is 11.3 Å². The van der Waals surface area contributed by atoms with Gasteiger partial charge in [-0.15, -0.1) is 0 Å². The molecule has 2 bridgehead atoms. The maximum atomic E-state index is 3.81. The summed E-state index contributed by atoms with van der Waals surface area (Å²) in [6.07, 6.45) is 5.66. The van der Waals surface area contributed by atoms with Crippen molar-refractivity contribution in [1.29, 1.82) is 0 Å². The number of piperidine rings is 3. The van der Waals surface area contributed by atoms with Gasteiger partial charge in [-0.2, -0.15) is 11.3 Å². The van der Waals surface area contributed by atoms with Crippen molar-refractivity contribution in [2.45, 2.75) is 37.3 Å². The van der Waals surface area contributed by atoms with E-state index in [-0.39, 0.29) is 0 Å². The van der Waals surface area contributed by atoms with E-state index in [9.17, 15) is 0 Å². The van der Waals surface area contributed by atoms with Crippen LogP contribution in [0.4, 0.5) is 5.69 Å². The van der Waals surface area contributed by atoms with Crippen LogP contribution in [0.1, 0.15) is 25.7 Å². The fourth-order valence-electron chi connectivity index (χ4n) is 3.85. The van der Waals surface area contributed by atoms with Crippen molar-refractivity contribution in [2.24, 2.45) is 5.92 Å². The molecule has 4 fully saturated rings. The third-order valence-electron chi connectivity index (χ3n) is 4.83. The van der Waals surface area contributed by atoms with Gasteiger partial charge in [0.2, 0.25) is 0 Å². The van der Waals surface area contributed by atoms with E-state index in [4.69, 9.17) is 0 Å². The fourth-order valence-corrected chi connectivity index (χ4v) is 4.44. The molecule has 3 aliphatic heterocycles. The highest BCUT2D eigenvalue weighted by Crippen LogP contribution is 2.54. The molecule has 1 atom stereocenters. The number of hydrogen-bond donors (Lipinski definition) is 1. The number of anilines is 1. The summed E-state index contributed by atoms with van der Waals surface area (Å²) in [5.74, 6) is 0.924. The van der Waals surface area contributed by atoms with E-state index in [1.165, 1.54) is 44.5 Å². The molecule has 0 aromatic carbocycles. The van der Waals surface area contributed by atoms with Crippen molar-refractivity contribution in [3.05, 3.63) is 16.8 Å². The van der Waals surface area contributed by atoms with Gasteiger partial charge in [-0.25, -0.2) is 0 Å². The number of hydrogen-bond acceptors (Lipinski definition) is 3. The lowest BCUT2D eigenvalue weighted by atomic mass is 9.77. The number of nitrogens with one attached hydrogen (secondary N) is 1. The number of thiophene rings is 1. The molecule has 1 N–H and O–H groups in total. The van der Waals surface area contributed by atoms with Crippen molar-refractivity contribution >= 4 is 17.0 Å². The first kappa shape index (κ1) is 9.49. The SMILES string of the molecule is c1cc(NC2C3CCN(CC3)C23CC3)cs1. The molecule has 0 amide bonds. The van der Waals surface area contributed by atoms with E-state index in [0.29, 0.717) is 5.54 Å². The second kappa shape index (κ2) is 3.23. The maximum absolute atomic E-state index is 3.81. The smallest absolute Gasteiger partial charge is 0.0474 e. The Labute approximate surface area is 101 Å². The molecular formula is C13H18N2S. The molecule has 1 aliphatic carbocycles. The van der Waals surface area contributed by atoms with Gasteiger partial charge in [0.1, 0.15) is 0 Å². The monoisotopic (exact) mass is 234 g/mol. The van der Waals surface area contributed by atoms with Crippen LogP contribution in [-0.2, 0) is 0 Å². The minimum Gasteiger partial charge on any atom is -0.379 e. The summed E-state index contributed by atoms with van der Waals surface area (Å²) in [6, 6.07) is 2.95. The molecule has 4 aliphatic rings. The molecule has 86 valence electrons.